The molecule has 4 rings (SSSR count). The Labute approximate surface area is 193 Å². The number of hydrogen-bond acceptors (Lipinski definition) is 4. The van der Waals surface area contributed by atoms with Crippen molar-refractivity contribution in [3.8, 4) is 0 Å². The lowest BCUT2D eigenvalue weighted by atomic mass is 9.96. The van der Waals surface area contributed by atoms with E-state index >= 15 is 0 Å². The highest BCUT2D eigenvalue weighted by molar-refractivity contribution is 6.42. The van der Waals surface area contributed by atoms with Crippen LogP contribution in [0.4, 0.5) is 0 Å². The molecule has 2 atom stereocenters. The molecule has 0 saturated heterocycles. The number of H-pyrrole nitrogens is 1. The first-order chi connectivity index (χ1) is 14.8. The highest BCUT2D eigenvalue weighted by Crippen LogP contribution is 2.36. The van der Waals surface area contributed by atoms with Crippen molar-refractivity contribution in [2.75, 3.05) is 13.2 Å². The molecule has 0 bridgehead atoms. The van der Waals surface area contributed by atoms with Gasteiger partial charge in [-0.1, -0.05) is 40.9 Å². The zero-order chi connectivity index (χ0) is 22.7. The van der Waals surface area contributed by atoms with Crippen molar-refractivity contribution in [1.29, 1.82) is 0 Å². The molecule has 10 heteroatoms. The number of fused-ring (bicyclic) bond motifs is 3. The smallest absolute Gasteiger partial charge is 0.290 e. The Kier molecular flexibility index (Phi) is 7.46. The lowest BCUT2D eigenvalue weighted by Crippen LogP contribution is -2.45. The van der Waals surface area contributed by atoms with Crippen molar-refractivity contribution >= 4 is 58.1 Å². The van der Waals surface area contributed by atoms with Gasteiger partial charge in [-0.05, 0) is 47.9 Å². The van der Waals surface area contributed by atoms with Gasteiger partial charge in [0.15, 0.2) is 0 Å². The fourth-order valence-corrected chi connectivity index (χ4v) is 4.30. The summed E-state index contributed by atoms with van der Waals surface area (Å²) in [6.07, 6.45) is 0.645. The highest BCUT2D eigenvalue weighted by atomic mass is 35.5. The van der Waals surface area contributed by atoms with Crippen LogP contribution in [-0.4, -0.2) is 45.6 Å². The predicted octanol–water partition coefficient (Wildman–Crippen LogP) is 3.95. The molecule has 164 valence electrons. The van der Waals surface area contributed by atoms with Crippen LogP contribution in [0.25, 0.3) is 10.9 Å². The van der Waals surface area contributed by atoms with Crippen LogP contribution in [0, 0.1) is 0 Å². The maximum Gasteiger partial charge on any atom is 0.290 e. The molecule has 1 aromatic heterocycles. The molecule has 7 nitrogen and oxygen atoms in total. The molecule has 0 radical (unpaired) electrons. The van der Waals surface area contributed by atoms with Crippen LogP contribution >= 0.6 is 34.8 Å². The molecule has 0 spiro atoms. The molecule has 3 aromatic rings. The molecule has 0 aliphatic carbocycles. The lowest BCUT2D eigenvalue weighted by molar-refractivity contribution is -0.136. The topological polar surface area (TPSA) is 120 Å². The molecule has 5 N–H and O–H groups in total. The molecule has 1 aliphatic rings. The van der Waals surface area contributed by atoms with Crippen molar-refractivity contribution in [1.82, 2.24) is 9.88 Å². The molecule has 2 heterocycles. The van der Waals surface area contributed by atoms with E-state index in [1.54, 1.807) is 23.1 Å². The summed E-state index contributed by atoms with van der Waals surface area (Å²) in [5.41, 5.74) is 9.61. The Hall–Kier alpha value is -2.29. The first-order valence-corrected chi connectivity index (χ1v) is 10.5. The van der Waals surface area contributed by atoms with Gasteiger partial charge in [0.1, 0.15) is 6.04 Å². The van der Waals surface area contributed by atoms with Crippen LogP contribution in [0.1, 0.15) is 28.9 Å². The van der Waals surface area contributed by atoms with Gasteiger partial charge >= 0.3 is 0 Å². The van der Waals surface area contributed by atoms with E-state index < -0.39 is 12.1 Å². The van der Waals surface area contributed by atoms with Crippen LogP contribution in [-0.2, 0) is 16.0 Å². The standard InChI is InChI=1S/C20H18Cl3N3O2.CH2O2/c21-11-2-4-16-13(8-11)12-5-6-26(17(9-27)19(12)25-16)20(28)18(24)10-1-3-14(22)15(23)7-10;2-1-3/h1-4,7-8,17-18,25,27H,5-6,9,24H2;1H,(H,2,3). The molecule has 31 heavy (non-hydrogen) atoms. The number of nitrogens with one attached hydrogen (secondary N) is 1. The number of hydrogen-bond donors (Lipinski definition) is 4. The number of benzene rings is 2. The average Bonchev–Trinajstić information content (AvgIpc) is 3.12. The number of aromatic nitrogens is 1. The van der Waals surface area contributed by atoms with Gasteiger partial charge in [0.05, 0.1) is 22.7 Å². The summed E-state index contributed by atoms with van der Waals surface area (Å²) in [5.74, 6) is -0.278. The highest BCUT2D eigenvalue weighted by Gasteiger charge is 2.35. The van der Waals surface area contributed by atoms with Crippen molar-refractivity contribution in [2.45, 2.75) is 18.5 Å². The SMILES string of the molecule is NC(C(=O)N1CCc2c([nH]c3ccc(Cl)cc23)C1CO)c1ccc(Cl)c(Cl)c1.O=CO. The molecular weight excluding hydrogens is 465 g/mol. The van der Waals surface area contributed by atoms with Gasteiger partial charge in [0.25, 0.3) is 6.47 Å². The summed E-state index contributed by atoms with van der Waals surface area (Å²) in [6, 6.07) is 9.11. The van der Waals surface area contributed by atoms with Gasteiger partial charge in [-0.25, -0.2) is 0 Å². The normalized spacial score (nSPS) is 16.3. The third-order valence-corrected chi connectivity index (χ3v) is 6.21. The van der Waals surface area contributed by atoms with E-state index in [1.807, 2.05) is 18.2 Å². The van der Waals surface area contributed by atoms with Crippen LogP contribution in [0.15, 0.2) is 36.4 Å². The molecule has 1 aliphatic heterocycles. The molecule has 1 amide bonds. The largest absolute Gasteiger partial charge is 0.483 e. The van der Waals surface area contributed by atoms with Crippen LogP contribution in [0.5, 0.6) is 0 Å². The molecular formula is C21H20Cl3N3O4. The Morgan fingerprint density at radius 3 is 2.58 bits per heavy atom. The molecule has 0 saturated carbocycles. The number of carbonyl (C=O) groups is 2. The number of aromatic amines is 1. The lowest BCUT2D eigenvalue weighted by Gasteiger charge is -2.36. The van der Waals surface area contributed by atoms with E-state index in [0.717, 1.165) is 22.2 Å². The zero-order valence-corrected chi connectivity index (χ0v) is 18.5. The Morgan fingerprint density at radius 1 is 1.23 bits per heavy atom. The van der Waals surface area contributed by atoms with E-state index in [9.17, 15) is 9.90 Å². The second-order valence-electron chi connectivity index (χ2n) is 6.94. The number of nitrogens with two attached hydrogens (primary N) is 1. The first-order valence-electron chi connectivity index (χ1n) is 9.32. The van der Waals surface area contributed by atoms with E-state index in [2.05, 4.69) is 4.98 Å². The molecule has 0 fully saturated rings. The second-order valence-corrected chi connectivity index (χ2v) is 8.19. The van der Waals surface area contributed by atoms with Crippen molar-refractivity contribution in [2.24, 2.45) is 5.73 Å². The van der Waals surface area contributed by atoms with Crippen LogP contribution in [0.3, 0.4) is 0 Å². The minimum Gasteiger partial charge on any atom is -0.483 e. The third-order valence-electron chi connectivity index (χ3n) is 5.24. The molecule has 2 aromatic carbocycles. The third kappa shape index (κ3) is 4.66. The summed E-state index contributed by atoms with van der Waals surface area (Å²) in [7, 11) is 0. The van der Waals surface area contributed by atoms with E-state index in [0.29, 0.717) is 33.6 Å². The minimum absolute atomic E-state index is 0.215. The fraction of sp³-hybridized carbons (Fsp3) is 0.238. The van der Waals surface area contributed by atoms with Gasteiger partial charge in [0.2, 0.25) is 5.91 Å². The number of aliphatic hydroxyl groups excluding tert-OH is 1. The van der Waals surface area contributed by atoms with Crippen molar-refractivity contribution < 1.29 is 19.8 Å². The quantitative estimate of drug-likeness (QED) is 0.420. The van der Waals surface area contributed by atoms with Crippen LogP contribution in [0.2, 0.25) is 15.1 Å². The van der Waals surface area contributed by atoms with E-state index in [-0.39, 0.29) is 19.0 Å². The van der Waals surface area contributed by atoms with Gasteiger partial charge in [-0.3, -0.25) is 9.59 Å². The Balaban J connectivity index is 0.000000858. The maximum absolute atomic E-state index is 13.1. The number of rotatable bonds is 3. The van der Waals surface area contributed by atoms with Gasteiger partial charge < -0.3 is 25.8 Å². The molecule has 2 unspecified atom stereocenters. The Bertz CT molecular complexity index is 1120. The van der Waals surface area contributed by atoms with E-state index in [1.165, 1.54) is 0 Å². The summed E-state index contributed by atoms with van der Waals surface area (Å²) < 4.78 is 0. The van der Waals surface area contributed by atoms with Gasteiger partial charge in [0, 0.05) is 28.2 Å². The number of nitrogens with zero attached hydrogens (tertiary/aromatic N) is 1. The predicted molar refractivity (Wildman–Crippen MR) is 121 cm³/mol. The summed E-state index contributed by atoms with van der Waals surface area (Å²) in [6.45, 7) is -0.0149. The summed E-state index contributed by atoms with van der Waals surface area (Å²) in [4.78, 5) is 26.4. The number of amides is 1. The Morgan fingerprint density at radius 2 is 1.94 bits per heavy atom. The maximum atomic E-state index is 13.1. The number of halogens is 3. The number of carboxylic acid groups (broad SMARTS) is 1. The summed E-state index contributed by atoms with van der Waals surface area (Å²) >= 11 is 18.1. The van der Waals surface area contributed by atoms with Crippen LogP contribution < -0.4 is 5.73 Å². The average molecular weight is 485 g/mol. The summed E-state index contributed by atoms with van der Waals surface area (Å²) in [5, 5.41) is 19.3. The monoisotopic (exact) mass is 483 g/mol. The number of aliphatic hydroxyl groups is 1. The zero-order valence-electron chi connectivity index (χ0n) is 16.2. The van der Waals surface area contributed by atoms with Crippen molar-refractivity contribution in [3.63, 3.8) is 0 Å². The number of carbonyl (C=O) groups excluding carboxylic acids is 1. The van der Waals surface area contributed by atoms with Gasteiger partial charge in [-0.2, -0.15) is 0 Å². The van der Waals surface area contributed by atoms with Crippen molar-refractivity contribution in [3.05, 3.63) is 68.3 Å². The van der Waals surface area contributed by atoms with E-state index in [4.69, 9.17) is 50.4 Å². The van der Waals surface area contributed by atoms with Gasteiger partial charge in [-0.15, -0.1) is 0 Å². The first kappa shape index (κ1) is 23.4. The second kappa shape index (κ2) is 9.89. The minimum atomic E-state index is -0.899. The fourth-order valence-electron chi connectivity index (χ4n) is 3.82.